The number of nitrogens with one attached hydrogen (secondary N) is 2. The molecule has 50 heavy (non-hydrogen) atoms. The van der Waals surface area contributed by atoms with Crippen molar-refractivity contribution in [1.29, 1.82) is 0 Å². The van der Waals surface area contributed by atoms with Gasteiger partial charge in [0.25, 0.3) is 10.5 Å². The molecule has 2 atom stereocenters. The van der Waals surface area contributed by atoms with Gasteiger partial charge in [0.05, 0.1) is 23.7 Å². The molecule has 260 valence electrons. The number of carbonyl (C=O) groups is 4. The Morgan fingerprint density at radius 3 is 1.24 bits per heavy atom. The molecule has 1 unspecified atom stereocenters. The van der Waals surface area contributed by atoms with E-state index in [1.54, 1.807) is 0 Å². The Balaban J connectivity index is 0.000000194. The molecule has 2 aromatic heterocycles. The van der Waals surface area contributed by atoms with Crippen molar-refractivity contribution in [2.75, 3.05) is 13.2 Å². The normalized spacial score (nSPS) is 16.8. The molecule has 4 amide bonds. The van der Waals surface area contributed by atoms with Crippen LogP contribution in [0.2, 0.25) is 0 Å². The van der Waals surface area contributed by atoms with Crippen LogP contribution in [0.5, 0.6) is 11.5 Å². The van der Waals surface area contributed by atoms with Gasteiger partial charge in [-0.05, 0) is 84.3 Å². The highest BCUT2D eigenvalue weighted by Gasteiger charge is 2.32. The van der Waals surface area contributed by atoms with E-state index in [1.165, 1.54) is 11.1 Å². The number of hydrogen-bond donors (Lipinski definition) is 2. The number of amides is 4. The molecule has 0 radical (unpaired) electrons. The lowest BCUT2D eigenvalue weighted by Gasteiger charge is -2.09. The van der Waals surface area contributed by atoms with Crippen LogP contribution in [0.25, 0.3) is 0 Å². The topological polar surface area (TPSA) is 137 Å². The summed E-state index contributed by atoms with van der Waals surface area (Å²) in [6.07, 6.45) is 8.39. The van der Waals surface area contributed by atoms with Gasteiger partial charge >= 0.3 is 0 Å². The summed E-state index contributed by atoms with van der Waals surface area (Å²) in [6.45, 7) is 5.35. The number of nitrogens with zero attached hydrogens (tertiary/aromatic N) is 2. The second-order valence-electron chi connectivity index (χ2n) is 11.7. The molecule has 10 nitrogen and oxygen atoms in total. The van der Waals surface area contributed by atoms with Gasteiger partial charge in [-0.1, -0.05) is 73.8 Å². The van der Waals surface area contributed by atoms with Gasteiger partial charge < -0.3 is 9.47 Å². The van der Waals surface area contributed by atoms with Crippen LogP contribution in [0, 0.1) is 0 Å². The molecule has 2 fully saturated rings. The monoisotopic (exact) mass is 712 g/mol. The molecule has 2 N–H and O–H groups in total. The van der Waals surface area contributed by atoms with Gasteiger partial charge in [-0.25, -0.2) is 0 Å². The van der Waals surface area contributed by atoms with Crippen molar-refractivity contribution >= 4 is 45.8 Å². The van der Waals surface area contributed by atoms with E-state index >= 15 is 0 Å². The number of ether oxygens (including phenoxy) is 2. The lowest BCUT2D eigenvalue weighted by molar-refractivity contribution is -0.119. The number of rotatable bonds is 14. The maximum atomic E-state index is 11.6. The van der Waals surface area contributed by atoms with E-state index < -0.39 is 0 Å². The zero-order chi connectivity index (χ0) is 35.3. The van der Waals surface area contributed by atoms with Crippen LogP contribution >= 0.6 is 23.5 Å². The van der Waals surface area contributed by atoms with Crippen LogP contribution in [0.1, 0.15) is 47.5 Å². The molecule has 4 aromatic rings. The van der Waals surface area contributed by atoms with E-state index in [-0.39, 0.29) is 32.8 Å². The van der Waals surface area contributed by atoms with Crippen LogP contribution in [0.3, 0.4) is 0 Å². The Hall–Kier alpha value is -4.68. The first kappa shape index (κ1) is 36.6. The summed E-state index contributed by atoms with van der Waals surface area (Å²) in [5, 5.41) is 3.40. The number of hydrogen-bond acceptors (Lipinski definition) is 10. The van der Waals surface area contributed by atoms with E-state index in [9.17, 15) is 19.2 Å². The summed E-state index contributed by atoms with van der Waals surface area (Å²) in [7, 11) is 0. The number of benzene rings is 2. The van der Waals surface area contributed by atoms with Crippen LogP contribution in [0.4, 0.5) is 9.59 Å². The molecule has 2 aliphatic rings. The van der Waals surface area contributed by atoms with Crippen molar-refractivity contribution in [1.82, 2.24) is 20.6 Å². The second kappa shape index (κ2) is 18.4. The average molecular weight is 713 g/mol. The first-order valence-corrected chi connectivity index (χ1v) is 18.4. The fraction of sp³-hybridized carbons (Fsp3) is 0.316. The Labute approximate surface area is 300 Å². The molecule has 0 aliphatic carbocycles. The predicted molar refractivity (Wildman–Crippen MR) is 196 cm³/mol. The van der Waals surface area contributed by atoms with Gasteiger partial charge in [0.15, 0.2) is 0 Å². The minimum absolute atomic E-state index is 0.211. The van der Waals surface area contributed by atoms with Crippen LogP contribution in [-0.2, 0) is 48.1 Å². The average Bonchev–Trinajstić information content (AvgIpc) is 3.63. The number of pyridine rings is 2. The van der Waals surface area contributed by atoms with Crippen LogP contribution < -0.4 is 20.1 Å². The molecular formula is C38H40N4O6S2. The Kier molecular flexibility index (Phi) is 13.4. The van der Waals surface area contributed by atoms with E-state index in [1.807, 2.05) is 73.1 Å². The summed E-state index contributed by atoms with van der Waals surface area (Å²) < 4.78 is 11.5. The standard InChI is InChI=1S/2C19H20N2O3S/c2*1-2-13-3-6-15(20-12-13)9-10-24-16-7-4-14(5-8-16)11-17-18(22)21-19(23)25-17/h2*3-8,12,17H,2,9-11H2,1H3,(H,21,22,23)/t17-;/m1./s1. The number of carbonyl (C=O) groups excluding carboxylic acids is 4. The minimum Gasteiger partial charge on any atom is -0.493 e. The third-order valence-electron chi connectivity index (χ3n) is 8.07. The van der Waals surface area contributed by atoms with E-state index in [4.69, 9.17) is 9.47 Å². The van der Waals surface area contributed by atoms with Gasteiger partial charge in [-0.15, -0.1) is 0 Å². The predicted octanol–water partition coefficient (Wildman–Crippen LogP) is 6.32. The first-order valence-electron chi connectivity index (χ1n) is 16.6. The van der Waals surface area contributed by atoms with Gasteiger partial charge in [0, 0.05) is 36.6 Å². The van der Waals surface area contributed by atoms with Gasteiger partial charge in [0.2, 0.25) is 11.8 Å². The molecule has 2 saturated heterocycles. The number of imide groups is 2. The summed E-state index contributed by atoms with van der Waals surface area (Å²) in [5.74, 6) is 1.15. The fourth-order valence-corrected chi connectivity index (χ4v) is 6.82. The highest BCUT2D eigenvalue weighted by molar-refractivity contribution is 8.15. The van der Waals surface area contributed by atoms with Crippen LogP contribution in [0.15, 0.2) is 85.2 Å². The van der Waals surface area contributed by atoms with Crippen LogP contribution in [-0.4, -0.2) is 56.0 Å². The SMILES string of the molecule is CCc1ccc(CCOc2ccc(CC3SC(=O)NC3=O)cc2)nc1.CCc1ccc(CCOc2ccc(C[C@H]3SC(=O)NC3=O)cc2)nc1. The molecule has 2 aromatic carbocycles. The van der Waals surface area contributed by atoms with E-state index in [2.05, 4.69) is 46.6 Å². The fourth-order valence-electron chi connectivity index (χ4n) is 5.10. The summed E-state index contributed by atoms with van der Waals surface area (Å²) in [5.41, 5.74) is 6.51. The third kappa shape index (κ3) is 11.2. The smallest absolute Gasteiger partial charge is 0.286 e. The van der Waals surface area contributed by atoms with Crippen molar-refractivity contribution in [3.63, 3.8) is 0 Å². The van der Waals surface area contributed by atoms with Gasteiger partial charge in [-0.2, -0.15) is 0 Å². The maximum Gasteiger partial charge on any atom is 0.286 e. The van der Waals surface area contributed by atoms with Crippen molar-refractivity contribution in [3.05, 3.63) is 119 Å². The molecule has 0 saturated carbocycles. The lowest BCUT2D eigenvalue weighted by atomic mass is 10.1. The maximum absolute atomic E-state index is 11.6. The highest BCUT2D eigenvalue weighted by atomic mass is 32.2. The molecular weight excluding hydrogens is 673 g/mol. The summed E-state index contributed by atoms with van der Waals surface area (Å²) in [6, 6.07) is 23.6. The Morgan fingerprint density at radius 1 is 0.560 bits per heavy atom. The second-order valence-corrected chi connectivity index (χ2v) is 14.0. The number of aromatic nitrogens is 2. The number of thioether (sulfide) groups is 2. The summed E-state index contributed by atoms with van der Waals surface area (Å²) in [4.78, 5) is 54.4. The molecule has 4 heterocycles. The molecule has 12 heteroatoms. The Morgan fingerprint density at radius 2 is 0.940 bits per heavy atom. The van der Waals surface area contributed by atoms with Crippen molar-refractivity contribution in [3.8, 4) is 11.5 Å². The Bertz CT molecular complexity index is 1620. The highest BCUT2D eigenvalue weighted by Crippen LogP contribution is 2.25. The van der Waals surface area contributed by atoms with Crippen molar-refractivity contribution in [2.45, 2.75) is 62.9 Å². The quantitative estimate of drug-likeness (QED) is 0.153. The largest absolute Gasteiger partial charge is 0.493 e. The van der Waals surface area contributed by atoms with Gasteiger partial charge in [0.1, 0.15) is 11.5 Å². The minimum atomic E-state index is -0.337. The zero-order valence-electron chi connectivity index (χ0n) is 28.1. The molecule has 0 bridgehead atoms. The third-order valence-corrected chi connectivity index (χ3v) is 10.0. The lowest BCUT2D eigenvalue weighted by Crippen LogP contribution is -2.25. The van der Waals surface area contributed by atoms with E-state index in [0.29, 0.717) is 26.1 Å². The molecule has 2 aliphatic heterocycles. The number of aryl methyl sites for hydroxylation is 2. The van der Waals surface area contributed by atoms with E-state index in [0.717, 1.165) is 83.2 Å². The first-order chi connectivity index (χ1) is 24.3. The molecule has 0 spiro atoms. The zero-order valence-corrected chi connectivity index (χ0v) is 29.7. The molecule has 6 rings (SSSR count). The summed E-state index contributed by atoms with van der Waals surface area (Å²) >= 11 is 2.10. The van der Waals surface area contributed by atoms with Crippen molar-refractivity contribution in [2.24, 2.45) is 0 Å². The van der Waals surface area contributed by atoms with Crippen molar-refractivity contribution < 1.29 is 28.7 Å². The van der Waals surface area contributed by atoms with Gasteiger partial charge in [-0.3, -0.25) is 39.8 Å².